The first-order chi connectivity index (χ1) is 18.7. The number of aromatic nitrogens is 8. The van der Waals surface area contributed by atoms with Crippen LogP contribution in [0.1, 0.15) is 13.8 Å². The largest absolute Gasteiger partial charge is 0.497 e. The smallest absolute Gasteiger partial charge is 0.218 e. The van der Waals surface area contributed by atoms with Crippen molar-refractivity contribution in [2.75, 3.05) is 12.4 Å². The Kier molecular flexibility index (Phi) is 7.03. The average Bonchev–Trinajstić information content (AvgIpc) is 3.59. The molecule has 0 fully saturated rings. The Morgan fingerprint density at radius 3 is 2.53 bits per heavy atom. The van der Waals surface area contributed by atoms with E-state index in [2.05, 4.69) is 25.3 Å². The molecule has 6 aromatic rings. The van der Waals surface area contributed by atoms with E-state index in [1.54, 1.807) is 38.0 Å². The second-order valence-electron chi connectivity index (χ2n) is 8.02. The molecule has 38 heavy (non-hydrogen) atoms. The van der Waals surface area contributed by atoms with Gasteiger partial charge in [0.15, 0.2) is 11.6 Å². The average molecular weight is 506 g/mol. The minimum atomic E-state index is 0.459. The van der Waals surface area contributed by atoms with Crippen molar-refractivity contribution in [2.45, 2.75) is 13.8 Å². The van der Waals surface area contributed by atoms with Gasteiger partial charge in [-0.1, -0.05) is 26.0 Å². The molecule has 0 radical (unpaired) electrons. The van der Waals surface area contributed by atoms with Gasteiger partial charge in [-0.25, -0.2) is 19.5 Å². The Morgan fingerprint density at radius 1 is 0.921 bits per heavy atom. The van der Waals surface area contributed by atoms with E-state index in [4.69, 9.17) is 14.8 Å². The third-order valence-electron chi connectivity index (χ3n) is 5.76. The summed E-state index contributed by atoms with van der Waals surface area (Å²) in [5.41, 5.74) is 4.27. The molecule has 6 aromatic heterocycles. The zero-order chi connectivity index (χ0) is 26.5. The summed E-state index contributed by atoms with van der Waals surface area (Å²) >= 11 is 0. The van der Waals surface area contributed by atoms with Crippen LogP contribution in [0.4, 0.5) is 11.6 Å². The van der Waals surface area contributed by atoms with E-state index in [-0.39, 0.29) is 0 Å². The second kappa shape index (κ2) is 10.9. The lowest BCUT2D eigenvalue weighted by molar-refractivity contribution is 0.414. The highest BCUT2D eigenvalue weighted by Crippen LogP contribution is 2.39. The van der Waals surface area contributed by atoms with Crippen LogP contribution in [0.3, 0.4) is 0 Å². The monoisotopic (exact) mass is 505 g/mol. The number of hydrogen-bond acceptors (Lipinski definition) is 8. The molecule has 0 saturated carbocycles. The lowest BCUT2D eigenvalue weighted by Crippen LogP contribution is -2.07. The molecule has 1 N–H and O–H groups in total. The van der Waals surface area contributed by atoms with Gasteiger partial charge in [-0.2, -0.15) is 0 Å². The van der Waals surface area contributed by atoms with Crippen LogP contribution in [0.5, 0.6) is 5.75 Å². The van der Waals surface area contributed by atoms with E-state index >= 15 is 0 Å². The normalized spacial score (nSPS) is 10.6. The highest BCUT2D eigenvalue weighted by molar-refractivity contribution is 5.98. The highest BCUT2D eigenvalue weighted by Gasteiger charge is 2.23. The van der Waals surface area contributed by atoms with E-state index in [0.717, 1.165) is 27.9 Å². The van der Waals surface area contributed by atoms with E-state index in [9.17, 15) is 0 Å². The maximum Gasteiger partial charge on any atom is 0.218 e. The minimum Gasteiger partial charge on any atom is -0.497 e. The Hall–Kier alpha value is -5.12. The van der Waals surface area contributed by atoms with Crippen molar-refractivity contribution < 1.29 is 4.74 Å². The van der Waals surface area contributed by atoms with Gasteiger partial charge in [-0.05, 0) is 24.3 Å². The number of ether oxygens (including phenoxy) is 1. The molecule has 0 unspecified atom stereocenters. The number of imidazole rings is 1. The molecule has 6 rings (SSSR count). The molecule has 190 valence electrons. The molecule has 0 aliphatic carbocycles. The van der Waals surface area contributed by atoms with Crippen LogP contribution in [0, 0.1) is 0 Å². The van der Waals surface area contributed by atoms with Gasteiger partial charge in [-0.15, -0.1) is 5.10 Å². The molecule has 0 aliphatic heterocycles. The van der Waals surface area contributed by atoms with E-state index in [0.29, 0.717) is 29.0 Å². The van der Waals surface area contributed by atoms with E-state index in [1.165, 1.54) is 0 Å². The van der Waals surface area contributed by atoms with Crippen molar-refractivity contribution in [1.82, 2.24) is 39.1 Å². The summed E-state index contributed by atoms with van der Waals surface area (Å²) < 4.78 is 9.07. The van der Waals surface area contributed by atoms with Crippen LogP contribution in [-0.2, 0) is 7.05 Å². The molecular formula is C28H27N9O. The van der Waals surface area contributed by atoms with Crippen LogP contribution < -0.4 is 10.1 Å². The number of anilines is 2. The maximum atomic E-state index is 5.39. The summed E-state index contributed by atoms with van der Waals surface area (Å²) in [6.07, 6.45) is 12.6. The Morgan fingerprint density at radius 2 is 1.82 bits per heavy atom. The predicted octanol–water partition coefficient (Wildman–Crippen LogP) is 5.43. The van der Waals surface area contributed by atoms with Crippen molar-refractivity contribution in [3.8, 4) is 39.8 Å². The Bertz CT molecular complexity index is 1660. The van der Waals surface area contributed by atoms with Gasteiger partial charge in [0, 0.05) is 73.2 Å². The first kappa shape index (κ1) is 24.6. The number of hydrogen-bond donors (Lipinski definition) is 1. The van der Waals surface area contributed by atoms with Gasteiger partial charge in [0.05, 0.1) is 12.8 Å². The standard InChI is InChI=1S/C26H21N9O.C2H6/c1-34-13-12-30-26(34)25-32-24(31-21-14-18(36-2)8-11-29-21)23-22(20-7-3-4-10-28-20)19(16-35(23)33-25)17-6-5-9-27-15-17;1-2/h3-16H,1-2H3,(H,29,31,32,33);1-2H3. The molecule has 0 spiro atoms. The third-order valence-corrected chi connectivity index (χ3v) is 5.76. The zero-order valence-electron chi connectivity index (χ0n) is 21.6. The van der Waals surface area contributed by atoms with Gasteiger partial charge >= 0.3 is 0 Å². The maximum absolute atomic E-state index is 5.39. The summed E-state index contributed by atoms with van der Waals surface area (Å²) in [5, 5.41) is 8.21. The molecule has 0 amide bonds. The van der Waals surface area contributed by atoms with Crippen LogP contribution >= 0.6 is 0 Å². The molecule has 0 atom stereocenters. The number of rotatable bonds is 6. The summed E-state index contributed by atoms with van der Waals surface area (Å²) in [5.74, 6) is 2.91. The highest BCUT2D eigenvalue weighted by atomic mass is 16.5. The van der Waals surface area contributed by atoms with Crippen molar-refractivity contribution >= 4 is 17.2 Å². The van der Waals surface area contributed by atoms with Gasteiger partial charge in [0.25, 0.3) is 0 Å². The number of nitrogens with zero attached hydrogens (tertiary/aromatic N) is 8. The molecular weight excluding hydrogens is 478 g/mol. The van der Waals surface area contributed by atoms with Crippen LogP contribution in [0.25, 0.3) is 39.5 Å². The van der Waals surface area contributed by atoms with Gasteiger partial charge < -0.3 is 14.6 Å². The quantitative estimate of drug-likeness (QED) is 0.319. The fourth-order valence-corrected chi connectivity index (χ4v) is 4.08. The van der Waals surface area contributed by atoms with E-state index < -0.39 is 0 Å². The van der Waals surface area contributed by atoms with Gasteiger partial charge in [0.2, 0.25) is 5.82 Å². The number of methoxy groups -OCH3 is 1. The fourth-order valence-electron chi connectivity index (χ4n) is 4.08. The topological polar surface area (TPSA) is 108 Å². The third kappa shape index (κ3) is 4.66. The second-order valence-corrected chi connectivity index (χ2v) is 8.02. The molecule has 0 aromatic carbocycles. The van der Waals surface area contributed by atoms with Crippen LogP contribution in [0.15, 0.2) is 85.8 Å². The first-order valence-corrected chi connectivity index (χ1v) is 12.2. The van der Waals surface area contributed by atoms with Crippen molar-refractivity contribution in [3.63, 3.8) is 0 Å². The first-order valence-electron chi connectivity index (χ1n) is 12.2. The predicted molar refractivity (Wildman–Crippen MR) is 147 cm³/mol. The van der Waals surface area contributed by atoms with Crippen molar-refractivity contribution in [2.24, 2.45) is 7.05 Å². The molecule has 0 bridgehead atoms. The lowest BCUT2D eigenvalue weighted by atomic mass is 10.0. The lowest BCUT2D eigenvalue weighted by Gasteiger charge is -2.12. The van der Waals surface area contributed by atoms with Crippen LogP contribution in [0.2, 0.25) is 0 Å². The summed E-state index contributed by atoms with van der Waals surface area (Å²) in [6.45, 7) is 4.00. The number of fused-ring (bicyclic) bond motifs is 1. The van der Waals surface area contributed by atoms with E-state index in [1.807, 2.05) is 85.0 Å². The minimum absolute atomic E-state index is 0.459. The molecule has 10 nitrogen and oxygen atoms in total. The molecule has 0 saturated heterocycles. The van der Waals surface area contributed by atoms with Gasteiger partial charge in [0.1, 0.15) is 17.1 Å². The van der Waals surface area contributed by atoms with Crippen LogP contribution in [-0.4, -0.2) is 46.2 Å². The fraction of sp³-hybridized carbons (Fsp3) is 0.143. The number of pyridine rings is 3. The summed E-state index contributed by atoms with van der Waals surface area (Å²) in [6, 6.07) is 13.3. The van der Waals surface area contributed by atoms with Crippen molar-refractivity contribution in [1.29, 1.82) is 0 Å². The molecule has 10 heteroatoms. The Balaban J connectivity index is 0.00000144. The molecule has 0 aliphatic rings. The molecule has 6 heterocycles. The SMILES string of the molecule is CC.COc1ccnc(Nc2nc(-c3nccn3C)nn3cc(-c4cccnc4)c(-c4ccccn4)c23)c1. The number of aryl methyl sites for hydroxylation is 1. The van der Waals surface area contributed by atoms with Crippen molar-refractivity contribution in [3.05, 3.63) is 85.8 Å². The Labute approximate surface area is 220 Å². The van der Waals surface area contributed by atoms with Gasteiger partial charge in [-0.3, -0.25) is 9.97 Å². The summed E-state index contributed by atoms with van der Waals surface area (Å²) in [7, 11) is 3.52. The zero-order valence-corrected chi connectivity index (χ0v) is 21.6. The summed E-state index contributed by atoms with van der Waals surface area (Å²) in [4.78, 5) is 22.8. The number of nitrogens with one attached hydrogen (secondary N) is 1.